The minimum atomic E-state index is 0.467. The minimum absolute atomic E-state index is 0.467. The fourth-order valence-corrected chi connectivity index (χ4v) is 1.27. The summed E-state index contributed by atoms with van der Waals surface area (Å²) in [5, 5.41) is 3.30. The molecule has 1 N–H and O–H groups in total. The molecule has 16 heavy (non-hydrogen) atoms. The Labute approximate surface area is 105 Å². The molecule has 0 saturated heterocycles. The monoisotopic (exact) mass is 284 g/mol. The SMILES string of the molecule is C=C(Br)COc1ccc(CNCCC)nc1. The molecule has 1 aromatic heterocycles. The first-order valence-electron chi connectivity index (χ1n) is 5.34. The quantitative estimate of drug-likeness (QED) is 0.782. The molecule has 0 saturated carbocycles. The molecule has 1 aromatic rings. The molecule has 0 spiro atoms. The van der Waals surface area contributed by atoms with Gasteiger partial charge in [0.05, 0.1) is 11.9 Å². The number of rotatable bonds is 7. The molecule has 0 amide bonds. The van der Waals surface area contributed by atoms with Gasteiger partial charge in [-0.3, -0.25) is 4.98 Å². The molecule has 0 unspecified atom stereocenters. The number of halogens is 1. The van der Waals surface area contributed by atoms with Gasteiger partial charge in [-0.2, -0.15) is 0 Å². The van der Waals surface area contributed by atoms with Crippen LogP contribution in [0.2, 0.25) is 0 Å². The van der Waals surface area contributed by atoms with E-state index >= 15 is 0 Å². The first-order chi connectivity index (χ1) is 7.72. The first-order valence-corrected chi connectivity index (χ1v) is 6.13. The van der Waals surface area contributed by atoms with E-state index in [4.69, 9.17) is 4.74 Å². The predicted molar refractivity (Wildman–Crippen MR) is 69.8 cm³/mol. The molecule has 0 fully saturated rings. The summed E-state index contributed by atoms with van der Waals surface area (Å²) in [7, 11) is 0. The third-order valence-corrected chi connectivity index (χ3v) is 2.15. The Bertz CT molecular complexity index is 324. The highest BCUT2D eigenvalue weighted by Gasteiger charge is 1.97. The Kier molecular flexibility index (Phi) is 6.11. The van der Waals surface area contributed by atoms with E-state index in [1.54, 1.807) is 6.20 Å². The van der Waals surface area contributed by atoms with Crippen molar-refractivity contribution in [1.29, 1.82) is 0 Å². The van der Waals surface area contributed by atoms with E-state index in [0.29, 0.717) is 6.61 Å². The molecule has 0 bridgehead atoms. The van der Waals surface area contributed by atoms with E-state index in [1.807, 2.05) is 12.1 Å². The Morgan fingerprint density at radius 1 is 1.56 bits per heavy atom. The average Bonchev–Trinajstić information content (AvgIpc) is 2.28. The number of aromatic nitrogens is 1. The van der Waals surface area contributed by atoms with Gasteiger partial charge in [-0.05, 0) is 25.1 Å². The molecule has 0 atom stereocenters. The van der Waals surface area contributed by atoms with Crippen molar-refractivity contribution in [3.63, 3.8) is 0 Å². The summed E-state index contributed by atoms with van der Waals surface area (Å²) in [5.74, 6) is 0.764. The lowest BCUT2D eigenvalue weighted by Gasteiger charge is -2.06. The smallest absolute Gasteiger partial charge is 0.138 e. The Balaban J connectivity index is 2.38. The minimum Gasteiger partial charge on any atom is -0.487 e. The first kappa shape index (κ1) is 13.2. The van der Waals surface area contributed by atoms with E-state index in [1.165, 1.54) is 0 Å². The number of nitrogens with zero attached hydrogens (tertiary/aromatic N) is 1. The third-order valence-electron chi connectivity index (χ3n) is 1.93. The van der Waals surface area contributed by atoms with Crippen molar-refractivity contribution in [3.8, 4) is 5.75 Å². The van der Waals surface area contributed by atoms with Gasteiger partial charge in [-0.15, -0.1) is 0 Å². The molecule has 3 nitrogen and oxygen atoms in total. The summed E-state index contributed by atoms with van der Waals surface area (Å²) in [6, 6.07) is 3.89. The van der Waals surface area contributed by atoms with Gasteiger partial charge in [-0.1, -0.05) is 29.4 Å². The van der Waals surface area contributed by atoms with Crippen molar-refractivity contribution in [2.75, 3.05) is 13.2 Å². The molecule has 0 aliphatic heterocycles. The van der Waals surface area contributed by atoms with Crippen LogP contribution in [0, 0.1) is 0 Å². The predicted octanol–water partition coefficient (Wildman–Crippen LogP) is 2.87. The fraction of sp³-hybridized carbons (Fsp3) is 0.417. The van der Waals surface area contributed by atoms with Crippen molar-refractivity contribution in [2.24, 2.45) is 0 Å². The second-order valence-electron chi connectivity index (χ2n) is 3.47. The van der Waals surface area contributed by atoms with E-state index in [9.17, 15) is 0 Å². The Morgan fingerprint density at radius 2 is 2.38 bits per heavy atom. The van der Waals surface area contributed by atoms with Crippen LogP contribution in [0.25, 0.3) is 0 Å². The normalized spacial score (nSPS) is 10.1. The second-order valence-corrected chi connectivity index (χ2v) is 4.59. The van der Waals surface area contributed by atoms with Gasteiger partial charge in [0.15, 0.2) is 0 Å². The number of nitrogens with one attached hydrogen (secondary N) is 1. The summed E-state index contributed by atoms with van der Waals surface area (Å²) >= 11 is 3.24. The van der Waals surface area contributed by atoms with Crippen LogP contribution in [-0.4, -0.2) is 18.1 Å². The maximum Gasteiger partial charge on any atom is 0.138 e. The Morgan fingerprint density at radius 3 is 2.94 bits per heavy atom. The zero-order valence-electron chi connectivity index (χ0n) is 9.50. The van der Waals surface area contributed by atoms with Crippen molar-refractivity contribution in [2.45, 2.75) is 19.9 Å². The molecule has 1 heterocycles. The fourth-order valence-electron chi connectivity index (χ4n) is 1.16. The average molecular weight is 285 g/mol. The van der Waals surface area contributed by atoms with Gasteiger partial charge in [-0.25, -0.2) is 0 Å². The van der Waals surface area contributed by atoms with E-state index in [0.717, 1.165) is 35.4 Å². The highest BCUT2D eigenvalue weighted by molar-refractivity contribution is 9.11. The summed E-state index contributed by atoms with van der Waals surface area (Å²) in [6.07, 6.45) is 2.87. The highest BCUT2D eigenvalue weighted by atomic mass is 79.9. The van der Waals surface area contributed by atoms with Crippen molar-refractivity contribution in [1.82, 2.24) is 10.3 Å². The number of pyridine rings is 1. The van der Waals surface area contributed by atoms with Crippen LogP contribution in [0.4, 0.5) is 0 Å². The van der Waals surface area contributed by atoms with Gasteiger partial charge in [0.2, 0.25) is 0 Å². The maximum atomic E-state index is 5.42. The molecular weight excluding hydrogens is 268 g/mol. The van der Waals surface area contributed by atoms with Gasteiger partial charge >= 0.3 is 0 Å². The molecule has 88 valence electrons. The molecule has 0 aliphatic carbocycles. The van der Waals surface area contributed by atoms with Gasteiger partial charge in [0.25, 0.3) is 0 Å². The summed E-state index contributed by atoms with van der Waals surface area (Å²) in [5.41, 5.74) is 1.03. The van der Waals surface area contributed by atoms with Crippen molar-refractivity contribution >= 4 is 15.9 Å². The standard InChI is InChI=1S/C12H17BrN2O/c1-3-6-14-7-11-4-5-12(8-15-11)16-9-10(2)13/h4-5,8,14H,2-3,6-7,9H2,1H3. The van der Waals surface area contributed by atoms with Gasteiger partial charge in [0.1, 0.15) is 12.4 Å². The topological polar surface area (TPSA) is 34.1 Å². The van der Waals surface area contributed by atoms with Gasteiger partial charge < -0.3 is 10.1 Å². The van der Waals surface area contributed by atoms with Crippen LogP contribution < -0.4 is 10.1 Å². The van der Waals surface area contributed by atoms with Crippen molar-refractivity contribution in [3.05, 3.63) is 35.1 Å². The largest absolute Gasteiger partial charge is 0.487 e. The van der Waals surface area contributed by atoms with E-state index in [2.05, 4.69) is 39.7 Å². The molecule has 0 radical (unpaired) electrons. The Hall–Kier alpha value is -0.870. The van der Waals surface area contributed by atoms with E-state index in [-0.39, 0.29) is 0 Å². The molecule has 1 rings (SSSR count). The summed E-state index contributed by atoms with van der Waals surface area (Å²) in [4.78, 5) is 4.30. The second kappa shape index (κ2) is 7.41. The zero-order chi connectivity index (χ0) is 11.8. The van der Waals surface area contributed by atoms with Crippen LogP contribution in [-0.2, 0) is 6.54 Å². The molecule has 0 aromatic carbocycles. The molecule has 4 heteroatoms. The zero-order valence-corrected chi connectivity index (χ0v) is 11.1. The van der Waals surface area contributed by atoms with E-state index < -0.39 is 0 Å². The summed E-state index contributed by atoms with van der Waals surface area (Å²) in [6.45, 7) is 8.13. The third kappa shape index (κ3) is 5.28. The van der Waals surface area contributed by atoms with Crippen LogP contribution in [0.1, 0.15) is 19.0 Å². The van der Waals surface area contributed by atoms with Crippen LogP contribution >= 0.6 is 15.9 Å². The number of hydrogen-bond acceptors (Lipinski definition) is 3. The van der Waals surface area contributed by atoms with Crippen LogP contribution in [0.5, 0.6) is 5.75 Å². The van der Waals surface area contributed by atoms with Crippen molar-refractivity contribution < 1.29 is 4.74 Å². The highest BCUT2D eigenvalue weighted by Crippen LogP contribution is 2.11. The molecule has 0 aliphatic rings. The van der Waals surface area contributed by atoms with Crippen LogP contribution in [0.15, 0.2) is 29.4 Å². The van der Waals surface area contributed by atoms with Crippen LogP contribution in [0.3, 0.4) is 0 Å². The summed E-state index contributed by atoms with van der Waals surface area (Å²) < 4.78 is 6.24. The number of hydrogen-bond donors (Lipinski definition) is 1. The maximum absolute atomic E-state index is 5.42. The number of ether oxygens (including phenoxy) is 1. The lowest BCUT2D eigenvalue weighted by molar-refractivity contribution is 0.359. The lowest BCUT2D eigenvalue weighted by atomic mass is 10.3. The lowest BCUT2D eigenvalue weighted by Crippen LogP contribution is -2.14. The van der Waals surface area contributed by atoms with Gasteiger partial charge in [0, 0.05) is 11.0 Å². The molecular formula is C12H17BrN2O.